The molecule has 3 N–H and O–H groups in total. The summed E-state index contributed by atoms with van der Waals surface area (Å²) in [5, 5.41) is 19.8. The number of carbonyl (C=O) groups excluding carboxylic acids is 1. The van der Waals surface area contributed by atoms with Crippen molar-refractivity contribution in [2.75, 3.05) is 39.9 Å². The Morgan fingerprint density at radius 3 is 2.17 bits per heavy atom. The highest BCUT2D eigenvalue weighted by Gasteiger charge is 2.29. The Labute approximate surface area is 104 Å². The van der Waals surface area contributed by atoms with Crippen molar-refractivity contribution < 1.29 is 28.2 Å². The number of rotatable bonds is 7. The Bertz CT molecular complexity index is 268. The summed E-state index contributed by atoms with van der Waals surface area (Å²) in [6.45, 7) is -0.352. The van der Waals surface area contributed by atoms with Crippen LogP contribution < -0.4 is 5.32 Å². The number of aliphatic hydroxyl groups is 2. The minimum atomic E-state index is -4.43. The second kappa shape index (κ2) is 6.91. The topological polar surface area (TPSA) is 72.8 Å². The van der Waals surface area contributed by atoms with Crippen molar-refractivity contribution in [1.29, 1.82) is 0 Å². The first-order chi connectivity index (χ1) is 8.12. The molecule has 0 aliphatic heterocycles. The van der Waals surface area contributed by atoms with E-state index in [1.165, 1.54) is 11.9 Å². The van der Waals surface area contributed by atoms with Gasteiger partial charge in [-0.15, -0.1) is 0 Å². The van der Waals surface area contributed by atoms with E-state index in [0.717, 1.165) is 0 Å². The van der Waals surface area contributed by atoms with Gasteiger partial charge >= 0.3 is 6.18 Å². The van der Waals surface area contributed by atoms with Crippen molar-refractivity contribution in [2.45, 2.75) is 13.1 Å². The van der Waals surface area contributed by atoms with Gasteiger partial charge < -0.3 is 15.5 Å². The van der Waals surface area contributed by atoms with E-state index >= 15 is 0 Å². The molecule has 5 nitrogen and oxygen atoms in total. The van der Waals surface area contributed by atoms with Crippen molar-refractivity contribution in [3.8, 4) is 0 Å². The smallest absolute Gasteiger partial charge is 0.396 e. The largest absolute Gasteiger partial charge is 0.405 e. The van der Waals surface area contributed by atoms with Crippen LogP contribution in [0, 0.1) is 5.41 Å². The summed E-state index contributed by atoms with van der Waals surface area (Å²) < 4.78 is 35.5. The van der Waals surface area contributed by atoms with Crippen LogP contribution in [0.15, 0.2) is 0 Å². The molecule has 8 heteroatoms. The van der Waals surface area contributed by atoms with Gasteiger partial charge in [0.2, 0.25) is 5.91 Å². The molecule has 0 rings (SSSR count). The van der Waals surface area contributed by atoms with Gasteiger partial charge in [0.05, 0.1) is 19.8 Å². The first-order valence-corrected chi connectivity index (χ1v) is 5.35. The molecular weight excluding hydrogens is 253 g/mol. The summed E-state index contributed by atoms with van der Waals surface area (Å²) in [6, 6.07) is 0. The van der Waals surface area contributed by atoms with Crippen LogP contribution >= 0.6 is 0 Å². The van der Waals surface area contributed by atoms with E-state index in [4.69, 9.17) is 10.2 Å². The van der Waals surface area contributed by atoms with Crippen LogP contribution in [-0.4, -0.2) is 67.1 Å². The van der Waals surface area contributed by atoms with Crippen LogP contribution in [0.3, 0.4) is 0 Å². The summed E-state index contributed by atoms with van der Waals surface area (Å²) in [4.78, 5) is 12.6. The second-order valence-electron chi connectivity index (χ2n) is 4.69. The molecule has 18 heavy (non-hydrogen) atoms. The number of carbonyl (C=O) groups is 1. The Morgan fingerprint density at radius 2 is 1.78 bits per heavy atom. The molecular formula is C10H19F3N2O3. The minimum Gasteiger partial charge on any atom is -0.396 e. The molecule has 0 radical (unpaired) electrons. The lowest BCUT2D eigenvalue weighted by Gasteiger charge is -2.29. The number of alkyl halides is 3. The van der Waals surface area contributed by atoms with Gasteiger partial charge in [-0.05, 0) is 7.05 Å². The number of hydrogen-bond donors (Lipinski definition) is 3. The lowest BCUT2D eigenvalue weighted by molar-refractivity contribution is -0.139. The molecule has 0 heterocycles. The van der Waals surface area contributed by atoms with Gasteiger partial charge in [-0.2, -0.15) is 13.2 Å². The first kappa shape index (κ1) is 17.1. The van der Waals surface area contributed by atoms with Gasteiger partial charge in [-0.1, -0.05) is 6.92 Å². The van der Waals surface area contributed by atoms with Crippen LogP contribution in [0.25, 0.3) is 0 Å². The fourth-order valence-electron chi connectivity index (χ4n) is 1.36. The molecule has 0 aromatic rings. The SMILES string of the molecule is CN(CC(=O)NCC(F)(F)F)CC(C)(CO)CO. The highest BCUT2D eigenvalue weighted by molar-refractivity contribution is 5.78. The summed E-state index contributed by atoms with van der Waals surface area (Å²) in [7, 11) is 1.52. The van der Waals surface area contributed by atoms with E-state index in [0.29, 0.717) is 0 Å². The quantitative estimate of drug-likeness (QED) is 0.589. The predicted octanol–water partition coefficient (Wildman–Crippen LogP) is -0.412. The number of nitrogens with zero attached hydrogens (tertiary/aromatic N) is 1. The maximum Gasteiger partial charge on any atom is 0.405 e. The molecule has 0 aliphatic carbocycles. The van der Waals surface area contributed by atoms with Crippen LogP contribution in [0.5, 0.6) is 0 Å². The molecule has 108 valence electrons. The van der Waals surface area contributed by atoms with E-state index < -0.39 is 24.0 Å². The number of aliphatic hydroxyl groups excluding tert-OH is 2. The zero-order valence-corrected chi connectivity index (χ0v) is 10.4. The third kappa shape index (κ3) is 7.46. The number of amides is 1. The number of nitrogens with one attached hydrogen (secondary N) is 1. The second-order valence-corrected chi connectivity index (χ2v) is 4.69. The van der Waals surface area contributed by atoms with Gasteiger partial charge in [0.15, 0.2) is 0 Å². The summed E-state index contributed by atoms with van der Waals surface area (Å²) >= 11 is 0. The molecule has 0 atom stereocenters. The number of likely N-dealkylation sites (N-methyl/N-ethyl adjacent to an activating group) is 1. The number of hydrogen-bond acceptors (Lipinski definition) is 4. The molecule has 0 saturated heterocycles. The van der Waals surface area contributed by atoms with Crippen LogP contribution in [0.2, 0.25) is 0 Å². The fraction of sp³-hybridized carbons (Fsp3) is 0.900. The molecule has 0 aromatic heterocycles. The molecule has 0 spiro atoms. The monoisotopic (exact) mass is 272 g/mol. The van der Waals surface area contributed by atoms with Gasteiger partial charge in [0, 0.05) is 12.0 Å². The molecule has 0 bridgehead atoms. The lowest BCUT2D eigenvalue weighted by Crippen LogP contribution is -2.44. The van der Waals surface area contributed by atoms with Crippen LogP contribution in [0.4, 0.5) is 13.2 Å². The van der Waals surface area contributed by atoms with Crippen molar-refractivity contribution in [2.24, 2.45) is 5.41 Å². The van der Waals surface area contributed by atoms with E-state index in [1.54, 1.807) is 12.2 Å². The summed E-state index contributed by atoms with van der Waals surface area (Å²) in [5.74, 6) is -0.756. The van der Waals surface area contributed by atoms with Gasteiger partial charge in [0.25, 0.3) is 0 Å². The van der Waals surface area contributed by atoms with Crippen molar-refractivity contribution in [3.63, 3.8) is 0 Å². The standard InChI is InChI=1S/C10H19F3N2O3/c1-9(6-16,7-17)5-15(2)3-8(18)14-4-10(11,12)13/h16-17H,3-7H2,1-2H3,(H,14,18). The Morgan fingerprint density at radius 1 is 1.28 bits per heavy atom. The van der Waals surface area contributed by atoms with Crippen molar-refractivity contribution >= 4 is 5.91 Å². The molecule has 0 saturated carbocycles. The molecule has 0 aliphatic rings. The molecule has 1 amide bonds. The van der Waals surface area contributed by atoms with E-state index in [-0.39, 0.29) is 26.3 Å². The summed E-state index contributed by atoms with van der Waals surface area (Å²) in [5.41, 5.74) is -0.793. The van der Waals surface area contributed by atoms with E-state index in [2.05, 4.69) is 0 Å². The van der Waals surface area contributed by atoms with Crippen molar-refractivity contribution in [1.82, 2.24) is 10.2 Å². The van der Waals surface area contributed by atoms with Gasteiger partial charge in [-0.25, -0.2) is 0 Å². The molecule has 0 unspecified atom stereocenters. The normalized spacial score (nSPS) is 12.9. The third-order valence-corrected chi connectivity index (χ3v) is 2.31. The van der Waals surface area contributed by atoms with E-state index in [1.807, 2.05) is 0 Å². The van der Waals surface area contributed by atoms with Crippen molar-refractivity contribution in [3.05, 3.63) is 0 Å². The highest BCUT2D eigenvalue weighted by atomic mass is 19.4. The fourth-order valence-corrected chi connectivity index (χ4v) is 1.36. The van der Waals surface area contributed by atoms with Crippen LogP contribution in [0.1, 0.15) is 6.92 Å². The maximum absolute atomic E-state index is 11.8. The lowest BCUT2D eigenvalue weighted by atomic mass is 9.92. The first-order valence-electron chi connectivity index (χ1n) is 5.35. The third-order valence-electron chi connectivity index (χ3n) is 2.31. The van der Waals surface area contributed by atoms with Gasteiger partial charge in [0.1, 0.15) is 6.54 Å². The average Bonchev–Trinajstić information content (AvgIpc) is 2.25. The maximum atomic E-state index is 11.8. The highest BCUT2D eigenvalue weighted by Crippen LogP contribution is 2.15. The number of halogens is 3. The Balaban J connectivity index is 4.08. The Hall–Kier alpha value is -0.860. The Kier molecular flexibility index (Phi) is 6.58. The zero-order chi connectivity index (χ0) is 14.4. The van der Waals surface area contributed by atoms with Crippen LogP contribution in [-0.2, 0) is 4.79 Å². The molecule has 0 fully saturated rings. The average molecular weight is 272 g/mol. The zero-order valence-electron chi connectivity index (χ0n) is 10.4. The van der Waals surface area contributed by atoms with Gasteiger partial charge in [-0.3, -0.25) is 9.69 Å². The summed E-state index contributed by atoms with van der Waals surface area (Å²) in [6.07, 6.45) is -4.43. The predicted molar refractivity (Wildman–Crippen MR) is 58.8 cm³/mol. The minimum absolute atomic E-state index is 0.194. The molecule has 0 aromatic carbocycles. The van der Waals surface area contributed by atoms with E-state index in [9.17, 15) is 18.0 Å².